The first kappa shape index (κ1) is 17.3. The van der Waals surface area contributed by atoms with Crippen molar-refractivity contribution in [1.82, 2.24) is 4.40 Å². The highest BCUT2D eigenvalue weighted by molar-refractivity contribution is 6.36. The number of nitro groups is 1. The predicted molar refractivity (Wildman–Crippen MR) is 95.5 cm³/mol. The number of carbonyl (C=O) groups is 1. The van der Waals surface area contributed by atoms with Crippen LogP contribution in [0.2, 0.25) is 10.0 Å². The van der Waals surface area contributed by atoms with E-state index in [1.54, 1.807) is 43.5 Å². The molecule has 0 aliphatic carbocycles. The van der Waals surface area contributed by atoms with Gasteiger partial charge in [0.05, 0.1) is 22.1 Å². The van der Waals surface area contributed by atoms with Crippen LogP contribution in [0.4, 0.5) is 5.69 Å². The van der Waals surface area contributed by atoms with Crippen LogP contribution in [0.15, 0.2) is 42.6 Å². The van der Waals surface area contributed by atoms with Gasteiger partial charge in [0.25, 0.3) is 0 Å². The smallest absolute Gasteiger partial charge is 0.356 e. The van der Waals surface area contributed by atoms with Gasteiger partial charge in [-0.25, -0.2) is 4.79 Å². The maximum absolute atomic E-state index is 12.5. The van der Waals surface area contributed by atoms with E-state index in [9.17, 15) is 14.9 Å². The highest BCUT2D eigenvalue weighted by atomic mass is 35.5. The molecular formula is C17H12Cl2N2O4. The Morgan fingerprint density at radius 2 is 2.04 bits per heavy atom. The summed E-state index contributed by atoms with van der Waals surface area (Å²) < 4.78 is 6.54. The van der Waals surface area contributed by atoms with Gasteiger partial charge < -0.3 is 9.14 Å². The van der Waals surface area contributed by atoms with Crippen molar-refractivity contribution in [2.75, 3.05) is 6.61 Å². The van der Waals surface area contributed by atoms with E-state index in [1.165, 1.54) is 10.5 Å². The summed E-state index contributed by atoms with van der Waals surface area (Å²) in [7, 11) is 0. The molecule has 25 heavy (non-hydrogen) atoms. The van der Waals surface area contributed by atoms with E-state index in [4.69, 9.17) is 27.9 Å². The molecule has 0 amide bonds. The van der Waals surface area contributed by atoms with Crippen LogP contribution < -0.4 is 0 Å². The number of pyridine rings is 1. The van der Waals surface area contributed by atoms with Crippen LogP contribution in [-0.4, -0.2) is 21.9 Å². The van der Waals surface area contributed by atoms with E-state index < -0.39 is 10.9 Å². The van der Waals surface area contributed by atoms with Gasteiger partial charge in [-0.15, -0.1) is 0 Å². The molecule has 0 saturated carbocycles. The minimum Gasteiger partial charge on any atom is -0.461 e. The molecule has 3 rings (SSSR count). The molecule has 1 aromatic carbocycles. The van der Waals surface area contributed by atoms with Crippen LogP contribution in [0.1, 0.15) is 17.4 Å². The molecule has 8 heteroatoms. The van der Waals surface area contributed by atoms with Crippen LogP contribution in [0.5, 0.6) is 0 Å². The summed E-state index contributed by atoms with van der Waals surface area (Å²) in [6.07, 6.45) is 1.57. The van der Waals surface area contributed by atoms with Gasteiger partial charge in [0.1, 0.15) is 11.2 Å². The molecule has 0 saturated heterocycles. The fraction of sp³-hybridized carbons (Fsp3) is 0.118. The molecule has 0 spiro atoms. The number of aromatic nitrogens is 1. The molecule has 6 nitrogen and oxygen atoms in total. The average molecular weight is 379 g/mol. The van der Waals surface area contributed by atoms with Gasteiger partial charge in [0.2, 0.25) is 0 Å². The number of rotatable bonds is 4. The first-order valence-electron chi connectivity index (χ1n) is 7.35. The lowest BCUT2D eigenvalue weighted by molar-refractivity contribution is -0.382. The molecule has 0 bridgehead atoms. The Morgan fingerprint density at radius 1 is 1.28 bits per heavy atom. The van der Waals surface area contributed by atoms with Gasteiger partial charge in [-0.3, -0.25) is 10.1 Å². The number of hydrogen-bond acceptors (Lipinski definition) is 4. The molecule has 0 radical (unpaired) electrons. The Kier molecular flexibility index (Phi) is 4.65. The molecule has 0 N–H and O–H groups in total. The zero-order valence-corrected chi connectivity index (χ0v) is 14.5. The number of ether oxygens (including phenoxy) is 1. The summed E-state index contributed by atoms with van der Waals surface area (Å²) in [5.41, 5.74) is 0.554. The molecule has 0 aliphatic heterocycles. The van der Waals surface area contributed by atoms with E-state index in [2.05, 4.69) is 0 Å². The second kappa shape index (κ2) is 6.74. The van der Waals surface area contributed by atoms with Crippen molar-refractivity contribution in [2.24, 2.45) is 0 Å². The maximum Gasteiger partial charge on any atom is 0.356 e. The summed E-state index contributed by atoms with van der Waals surface area (Å²) in [5, 5.41) is 12.3. The lowest BCUT2D eigenvalue weighted by Crippen LogP contribution is -2.09. The summed E-state index contributed by atoms with van der Waals surface area (Å²) in [6.45, 7) is 1.80. The van der Waals surface area contributed by atoms with Crippen molar-refractivity contribution in [3.63, 3.8) is 0 Å². The van der Waals surface area contributed by atoms with Crippen LogP contribution in [0.25, 0.3) is 16.6 Å². The fourth-order valence-corrected chi connectivity index (χ4v) is 3.23. The number of hydrogen-bond donors (Lipinski definition) is 0. The molecule has 3 aromatic rings. The first-order chi connectivity index (χ1) is 12.0. The third-order valence-corrected chi connectivity index (χ3v) is 4.22. The second-order valence-electron chi connectivity index (χ2n) is 5.13. The SMILES string of the molecule is CCOC(=O)c1c(-c2ccc(Cl)cc2Cl)c([N+](=O)[O-])c2ccccn12. The van der Waals surface area contributed by atoms with E-state index >= 15 is 0 Å². The van der Waals surface area contributed by atoms with Gasteiger partial charge in [0, 0.05) is 16.8 Å². The van der Waals surface area contributed by atoms with Crippen LogP contribution in [-0.2, 0) is 4.74 Å². The Labute approximate surface area is 152 Å². The van der Waals surface area contributed by atoms with E-state index in [-0.39, 0.29) is 34.1 Å². The molecule has 0 atom stereocenters. The molecule has 0 unspecified atom stereocenters. The molecule has 0 fully saturated rings. The van der Waals surface area contributed by atoms with Crippen molar-refractivity contribution < 1.29 is 14.5 Å². The van der Waals surface area contributed by atoms with Crippen LogP contribution in [0.3, 0.4) is 0 Å². The zero-order valence-electron chi connectivity index (χ0n) is 13.0. The van der Waals surface area contributed by atoms with E-state index in [0.717, 1.165) is 0 Å². The van der Waals surface area contributed by atoms with Crippen molar-refractivity contribution in [3.05, 3.63) is 68.4 Å². The molecule has 0 aliphatic rings. The second-order valence-corrected chi connectivity index (χ2v) is 5.97. The number of fused-ring (bicyclic) bond motifs is 1. The third kappa shape index (κ3) is 2.94. The fourth-order valence-electron chi connectivity index (χ4n) is 2.72. The number of esters is 1. The monoisotopic (exact) mass is 378 g/mol. The van der Waals surface area contributed by atoms with E-state index in [1.807, 2.05) is 0 Å². The predicted octanol–water partition coefficient (Wildman–Crippen LogP) is 5.00. The molecule has 2 heterocycles. The highest BCUT2D eigenvalue weighted by Crippen LogP contribution is 2.42. The van der Waals surface area contributed by atoms with Crippen LogP contribution >= 0.6 is 23.2 Å². The summed E-state index contributed by atoms with van der Waals surface area (Å²) in [6, 6.07) is 9.48. The van der Waals surface area contributed by atoms with E-state index in [0.29, 0.717) is 10.6 Å². The van der Waals surface area contributed by atoms with Gasteiger partial charge >= 0.3 is 11.7 Å². The number of carbonyl (C=O) groups excluding carboxylic acids is 1. The number of nitrogens with zero attached hydrogens (tertiary/aromatic N) is 2. The van der Waals surface area contributed by atoms with Gasteiger partial charge in [0.15, 0.2) is 0 Å². The lowest BCUT2D eigenvalue weighted by atomic mass is 10.0. The Balaban J connectivity index is 2.46. The Hall–Kier alpha value is -2.57. The third-order valence-electron chi connectivity index (χ3n) is 3.67. The topological polar surface area (TPSA) is 73.8 Å². The van der Waals surface area contributed by atoms with Crippen molar-refractivity contribution in [2.45, 2.75) is 6.92 Å². The minimum absolute atomic E-state index is 0.0494. The lowest BCUT2D eigenvalue weighted by Gasteiger charge is -2.07. The number of halogens is 2. The quantitative estimate of drug-likeness (QED) is 0.363. The summed E-state index contributed by atoms with van der Waals surface area (Å²) in [4.78, 5) is 23.8. The molecule has 2 aromatic heterocycles. The standard InChI is InChI=1S/C17H12Cl2N2O4/c1-2-25-17(22)16-14(11-7-6-10(18)9-12(11)19)15(21(23)24)13-5-3-4-8-20(13)16/h3-9H,2H2,1H3. The summed E-state index contributed by atoms with van der Waals surface area (Å²) in [5.74, 6) is -0.669. The van der Waals surface area contributed by atoms with Crippen LogP contribution in [0, 0.1) is 10.1 Å². The summed E-state index contributed by atoms with van der Waals surface area (Å²) >= 11 is 12.2. The number of benzene rings is 1. The van der Waals surface area contributed by atoms with Crippen molar-refractivity contribution >= 4 is 40.4 Å². The average Bonchev–Trinajstić information content (AvgIpc) is 2.90. The highest BCUT2D eigenvalue weighted by Gasteiger charge is 2.33. The largest absolute Gasteiger partial charge is 0.461 e. The van der Waals surface area contributed by atoms with Crippen molar-refractivity contribution in [1.29, 1.82) is 0 Å². The van der Waals surface area contributed by atoms with Crippen molar-refractivity contribution in [3.8, 4) is 11.1 Å². The van der Waals surface area contributed by atoms with Gasteiger partial charge in [-0.1, -0.05) is 35.3 Å². The van der Waals surface area contributed by atoms with Gasteiger partial charge in [-0.2, -0.15) is 0 Å². The van der Waals surface area contributed by atoms with Gasteiger partial charge in [-0.05, 0) is 31.2 Å². The first-order valence-corrected chi connectivity index (χ1v) is 8.11. The molecular weight excluding hydrogens is 367 g/mol. The minimum atomic E-state index is -0.669. The maximum atomic E-state index is 12.5. The normalized spacial score (nSPS) is 10.8. The molecule has 128 valence electrons. The Morgan fingerprint density at radius 3 is 2.68 bits per heavy atom. The zero-order chi connectivity index (χ0) is 18.1. The Bertz CT molecular complexity index is 998.